The molecule has 0 spiro atoms. The van der Waals surface area contributed by atoms with Crippen LogP contribution in [0.15, 0.2) is 22.7 Å². The van der Waals surface area contributed by atoms with Crippen LogP contribution in [-0.4, -0.2) is 41.7 Å². The molecule has 0 saturated heterocycles. The van der Waals surface area contributed by atoms with E-state index in [1.54, 1.807) is 0 Å². The first kappa shape index (κ1) is 15.5. The summed E-state index contributed by atoms with van der Waals surface area (Å²) in [5, 5.41) is 12.1. The molecule has 1 aliphatic rings. The van der Waals surface area contributed by atoms with Crippen LogP contribution in [0.4, 0.5) is 5.69 Å². The topological polar surface area (TPSA) is 52.6 Å². The minimum Gasteiger partial charge on any atom is -0.395 e. The van der Waals surface area contributed by atoms with E-state index in [1.807, 2.05) is 25.1 Å². The van der Waals surface area contributed by atoms with Crippen molar-refractivity contribution in [3.8, 4) is 0 Å². The van der Waals surface area contributed by atoms with Gasteiger partial charge in [-0.1, -0.05) is 22.4 Å². The number of aryl methyl sites for hydroxylation is 1. The molecule has 2 N–H and O–H groups in total. The quantitative estimate of drug-likeness (QED) is 0.836. The Morgan fingerprint density at radius 1 is 1.50 bits per heavy atom. The zero-order chi connectivity index (χ0) is 14.5. The predicted molar refractivity (Wildman–Crippen MR) is 83.8 cm³/mol. The Kier molecular flexibility index (Phi) is 5.57. The molecule has 0 radical (unpaired) electrons. The highest BCUT2D eigenvalue weighted by Crippen LogP contribution is 2.24. The summed E-state index contributed by atoms with van der Waals surface area (Å²) >= 11 is 3.41. The van der Waals surface area contributed by atoms with Crippen LogP contribution in [-0.2, 0) is 4.79 Å². The van der Waals surface area contributed by atoms with Crippen molar-refractivity contribution in [1.82, 2.24) is 4.90 Å². The van der Waals surface area contributed by atoms with Crippen LogP contribution in [0.3, 0.4) is 0 Å². The van der Waals surface area contributed by atoms with Gasteiger partial charge in [0.05, 0.1) is 13.2 Å². The highest BCUT2D eigenvalue weighted by Gasteiger charge is 2.26. The van der Waals surface area contributed by atoms with Crippen LogP contribution in [0.2, 0.25) is 0 Å². The van der Waals surface area contributed by atoms with E-state index in [-0.39, 0.29) is 12.5 Å². The van der Waals surface area contributed by atoms with E-state index in [1.165, 1.54) is 6.42 Å². The number of rotatable bonds is 6. The number of carbonyl (C=O) groups excluding carboxylic acids is 1. The molecule has 4 nitrogen and oxygen atoms in total. The first-order valence-corrected chi connectivity index (χ1v) is 7.80. The second-order valence-corrected chi connectivity index (χ2v) is 6.20. The molecule has 5 heteroatoms. The molecule has 1 aromatic carbocycles. The minimum atomic E-state index is -0.0178. The van der Waals surface area contributed by atoms with Crippen molar-refractivity contribution in [2.75, 3.05) is 25.0 Å². The molecule has 1 aliphatic carbocycles. The highest BCUT2D eigenvalue weighted by atomic mass is 79.9. The third-order valence-corrected chi connectivity index (χ3v) is 4.28. The van der Waals surface area contributed by atoms with Crippen LogP contribution in [0.1, 0.15) is 24.8 Å². The van der Waals surface area contributed by atoms with Gasteiger partial charge in [0.15, 0.2) is 0 Å². The number of nitrogens with one attached hydrogen (secondary N) is 1. The zero-order valence-electron chi connectivity index (χ0n) is 11.7. The van der Waals surface area contributed by atoms with Gasteiger partial charge in [0.2, 0.25) is 5.91 Å². The van der Waals surface area contributed by atoms with Gasteiger partial charge in [0.25, 0.3) is 0 Å². The van der Waals surface area contributed by atoms with Gasteiger partial charge < -0.3 is 10.4 Å². The molecule has 1 saturated carbocycles. The second-order valence-electron chi connectivity index (χ2n) is 5.29. The van der Waals surface area contributed by atoms with E-state index in [0.29, 0.717) is 19.1 Å². The fraction of sp³-hybridized carbons (Fsp3) is 0.533. The number of amides is 1. The van der Waals surface area contributed by atoms with E-state index < -0.39 is 0 Å². The number of hydrogen-bond donors (Lipinski definition) is 2. The summed E-state index contributed by atoms with van der Waals surface area (Å²) in [7, 11) is 0. The molecule has 0 aliphatic heterocycles. The molecule has 0 bridgehead atoms. The molecule has 1 aromatic rings. The van der Waals surface area contributed by atoms with E-state index in [0.717, 1.165) is 28.6 Å². The monoisotopic (exact) mass is 340 g/mol. The maximum atomic E-state index is 12.1. The van der Waals surface area contributed by atoms with Crippen molar-refractivity contribution in [1.29, 1.82) is 0 Å². The van der Waals surface area contributed by atoms with Crippen LogP contribution < -0.4 is 5.32 Å². The highest BCUT2D eigenvalue weighted by molar-refractivity contribution is 9.10. The summed E-state index contributed by atoms with van der Waals surface area (Å²) in [6.45, 7) is 2.98. The normalized spacial score (nSPS) is 15.2. The number of carbonyl (C=O) groups is 1. The van der Waals surface area contributed by atoms with Gasteiger partial charge in [-0.2, -0.15) is 0 Å². The molecule has 1 amide bonds. The van der Waals surface area contributed by atoms with Gasteiger partial charge in [-0.15, -0.1) is 0 Å². The first-order valence-electron chi connectivity index (χ1n) is 7.01. The molecule has 110 valence electrons. The van der Waals surface area contributed by atoms with Crippen LogP contribution in [0.25, 0.3) is 0 Å². The van der Waals surface area contributed by atoms with Crippen LogP contribution >= 0.6 is 15.9 Å². The first-order chi connectivity index (χ1) is 9.60. The lowest BCUT2D eigenvalue weighted by atomic mass is 9.91. The number of aliphatic hydroxyl groups excluding tert-OH is 1. The number of aliphatic hydroxyl groups is 1. The Balaban J connectivity index is 1.93. The maximum Gasteiger partial charge on any atom is 0.238 e. The molecule has 1 fully saturated rings. The third-order valence-electron chi connectivity index (χ3n) is 3.79. The van der Waals surface area contributed by atoms with Gasteiger partial charge >= 0.3 is 0 Å². The van der Waals surface area contributed by atoms with Gasteiger partial charge in [-0.3, -0.25) is 9.69 Å². The van der Waals surface area contributed by atoms with Crippen molar-refractivity contribution in [3.05, 3.63) is 28.2 Å². The van der Waals surface area contributed by atoms with Crippen molar-refractivity contribution in [3.63, 3.8) is 0 Å². The van der Waals surface area contributed by atoms with Crippen molar-refractivity contribution in [2.24, 2.45) is 0 Å². The summed E-state index contributed by atoms with van der Waals surface area (Å²) in [5.74, 6) is -0.0178. The summed E-state index contributed by atoms with van der Waals surface area (Å²) < 4.78 is 1.00. The number of hydrogen-bond acceptors (Lipinski definition) is 3. The summed E-state index contributed by atoms with van der Waals surface area (Å²) in [6, 6.07) is 6.25. The number of benzene rings is 1. The van der Waals surface area contributed by atoms with Gasteiger partial charge in [0, 0.05) is 22.7 Å². The Hall–Kier alpha value is -0.910. The van der Waals surface area contributed by atoms with E-state index >= 15 is 0 Å². The molecular formula is C15H21BrN2O2. The molecule has 20 heavy (non-hydrogen) atoms. The summed E-state index contributed by atoms with van der Waals surface area (Å²) in [5.41, 5.74) is 1.88. The summed E-state index contributed by atoms with van der Waals surface area (Å²) in [4.78, 5) is 14.2. The molecule has 0 aromatic heterocycles. The van der Waals surface area contributed by atoms with E-state index in [9.17, 15) is 4.79 Å². The molecular weight excluding hydrogens is 320 g/mol. The molecule has 0 heterocycles. The average molecular weight is 341 g/mol. The van der Waals surface area contributed by atoms with E-state index in [4.69, 9.17) is 5.11 Å². The van der Waals surface area contributed by atoms with Crippen molar-refractivity contribution < 1.29 is 9.90 Å². The Morgan fingerprint density at radius 3 is 2.80 bits per heavy atom. The molecule has 0 atom stereocenters. The Bertz CT molecular complexity index is 475. The summed E-state index contributed by atoms with van der Waals surface area (Å²) in [6.07, 6.45) is 3.48. The van der Waals surface area contributed by atoms with E-state index in [2.05, 4.69) is 26.1 Å². The van der Waals surface area contributed by atoms with Crippen LogP contribution in [0, 0.1) is 6.92 Å². The smallest absolute Gasteiger partial charge is 0.238 e. The Labute approximate surface area is 128 Å². The lowest BCUT2D eigenvalue weighted by Gasteiger charge is -2.36. The van der Waals surface area contributed by atoms with Gasteiger partial charge in [0.1, 0.15) is 0 Å². The van der Waals surface area contributed by atoms with Gasteiger partial charge in [-0.05, 0) is 43.5 Å². The number of halogens is 1. The predicted octanol–water partition coefficient (Wildman–Crippen LogP) is 2.54. The average Bonchev–Trinajstić information content (AvgIpc) is 2.31. The fourth-order valence-corrected chi connectivity index (χ4v) is 2.89. The Morgan fingerprint density at radius 2 is 2.25 bits per heavy atom. The number of anilines is 1. The molecule has 0 unspecified atom stereocenters. The number of nitrogens with zero attached hydrogens (tertiary/aromatic N) is 1. The SMILES string of the molecule is Cc1cc(Br)ccc1NC(=O)CN(CCO)C1CCC1. The second kappa shape index (κ2) is 7.20. The lowest BCUT2D eigenvalue weighted by molar-refractivity contribution is -0.118. The lowest BCUT2D eigenvalue weighted by Crippen LogP contribution is -2.45. The molecule has 2 rings (SSSR count). The largest absolute Gasteiger partial charge is 0.395 e. The third kappa shape index (κ3) is 4.04. The van der Waals surface area contributed by atoms with Crippen LogP contribution in [0.5, 0.6) is 0 Å². The standard InChI is InChI=1S/C15H21BrN2O2/c1-11-9-12(16)5-6-14(11)17-15(20)10-18(7-8-19)13-3-2-4-13/h5-6,9,13,19H,2-4,7-8,10H2,1H3,(H,17,20). The zero-order valence-corrected chi connectivity index (χ0v) is 13.3. The van der Waals surface area contributed by atoms with Gasteiger partial charge in [-0.25, -0.2) is 0 Å². The fourth-order valence-electron chi connectivity index (χ4n) is 2.41. The van der Waals surface area contributed by atoms with Crippen molar-refractivity contribution in [2.45, 2.75) is 32.2 Å². The van der Waals surface area contributed by atoms with Crippen molar-refractivity contribution >= 4 is 27.5 Å². The minimum absolute atomic E-state index is 0.0178. The maximum absolute atomic E-state index is 12.1.